The number of likely N-dealkylation sites (tertiary alicyclic amines) is 1. The fourth-order valence-corrected chi connectivity index (χ4v) is 3.86. The van der Waals surface area contributed by atoms with Crippen LogP contribution in [-0.2, 0) is 15.8 Å². The molecular weight excluding hydrogens is 361 g/mol. The maximum Gasteiger partial charge on any atom is 0.416 e. The maximum absolute atomic E-state index is 13.0. The fraction of sp³-hybridized carbons (Fsp3) is 0.579. The number of anilines is 1. The summed E-state index contributed by atoms with van der Waals surface area (Å²) in [6.45, 7) is 6.17. The van der Waals surface area contributed by atoms with Crippen LogP contribution in [0, 0.1) is 5.41 Å². The Morgan fingerprint density at radius 1 is 1.22 bits per heavy atom. The second-order valence-electron chi connectivity index (χ2n) is 8.08. The first-order valence-electron chi connectivity index (χ1n) is 8.83. The third-order valence-corrected chi connectivity index (χ3v) is 5.22. The van der Waals surface area contributed by atoms with Gasteiger partial charge in [-0.15, -0.1) is 0 Å². The van der Waals surface area contributed by atoms with Crippen LogP contribution in [0.5, 0.6) is 5.75 Å². The first kappa shape index (κ1) is 19.5. The zero-order chi connectivity index (χ0) is 20.0. The Labute approximate surface area is 156 Å². The van der Waals surface area contributed by atoms with Gasteiger partial charge in [-0.1, -0.05) is 20.8 Å². The molecule has 1 fully saturated rings. The Kier molecular flexibility index (Phi) is 4.86. The smallest absolute Gasteiger partial charge is 0.416 e. The van der Waals surface area contributed by atoms with Gasteiger partial charge in [0.1, 0.15) is 5.75 Å². The number of amides is 2. The van der Waals surface area contributed by atoms with E-state index in [1.807, 2.05) is 27.2 Å². The van der Waals surface area contributed by atoms with E-state index in [0.717, 1.165) is 12.1 Å². The summed E-state index contributed by atoms with van der Waals surface area (Å²) in [7, 11) is 0. The molecule has 1 aromatic rings. The molecule has 0 saturated carbocycles. The molecule has 1 aromatic carbocycles. The van der Waals surface area contributed by atoms with Gasteiger partial charge < -0.3 is 14.5 Å². The molecule has 1 saturated heterocycles. The lowest BCUT2D eigenvalue weighted by molar-refractivity contribution is -0.137. The summed E-state index contributed by atoms with van der Waals surface area (Å²) >= 11 is 0. The van der Waals surface area contributed by atoms with Crippen LogP contribution in [0.2, 0.25) is 0 Å². The lowest BCUT2D eigenvalue weighted by Crippen LogP contribution is -2.56. The van der Waals surface area contributed by atoms with Crippen LogP contribution in [0.15, 0.2) is 18.2 Å². The number of hydrogen-bond donors (Lipinski definition) is 0. The van der Waals surface area contributed by atoms with Crippen LogP contribution in [0.4, 0.5) is 18.9 Å². The molecule has 0 aromatic heterocycles. The number of rotatable bonds is 2. The second-order valence-corrected chi connectivity index (χ2v) is 8.08. The maximum atomic E-state index is 13.0. The van der Waals surface area contributed by atoms with E-state index in [1.165, 1.54) is 6.07 Å². The van der Waals surface area contributed by atoms with E-state index < -0.39 is 11.7 Å². The van der Waals surface area contributed by atoms with E-state index in [0.29, 0.717) is 25.1 Å². The number of benzene rings is 1. The molecule has 2 heterocycles. The average Bonchev–Trinajstić information content (AvgIpc) is 2.59. The Bertz CT molecular complexity index is 743. The van der Waals surface area contributed by atoms with Crippen LogP contribution in [0.1, 0.15) is 39.2 Å². The van der Waals surface area contributed by atoms with Gasteiger partial charge in [0.25, 0.3) is 5.91 Å². The minimum Gasteiger partial charge on any atom is -0.482 e. The van der Waals surface area contributed by atoms with Crippen molar-refractivity contribution in [1.82, 2.24) is 4.90 Å². The fourth-order valence-electron chi connectivity index (χ4n) is 3.86. The van der Waals surface area contributed by atoms with Crippen molar-refractivity contribution in [3.63, 3.8) is 0 Å². The van der Waals surface area contributed by atoms with Crippen molar-refractivity contribution < 1.29 is 27.5 Å². The van der Waals surface area contributed by atoms with Crippen molar-refractivity contribution >= 4 is 18.0 Å². The molecule has 1 radical (unpaired) electrons. The molecule has 0 spiro atoms. The van der Waals surface area contributed by atoms with Crippen LogP contribution in [0.3, 0.4) is 0 Å². The van der Waals surface area contributed by atoms with Crippen LogP contribution in [0.25, 0.3) is 0 Å². The van der Waals surface area contributed by atoms with Crippen molar-refractivity contribution in [1.29, 1.82) is 0 Å². The standard InChI is InChI=1S/C19H22F3N2O3/c1-18(2,3)16-9-13(6-7-23(16)11-25)24-14-5-4-12(19(20,21)22)8-15(14)27-10-17(24)26/h4-5,8,13,16H,6-7,9-10H2,1-3H3. The van der Waals surface area contributed by atoms with Gasteiger partial charge in [0.05, 0.1) is 11.3 Å². The quantitative estimate of drug-likeness (QED) is 0.787. The van der Waals surface area contributed by atoms with E-state index in [1.54, 1.807) is 9.80 Å². The summed E-state index contributed by atoms with van der Waals surface area (Å²) in [5.41, 5.74) is -0.678. The predicted molar refractivity (Wildman–Crippen MR) is 93.1 cm³/mol. The Hall–Kier alpha value is -2.25. The summed E-state index contributed by atoms with van der Waals surface area (Å²) in [6, 6.07) is 2.85. The van der Waals surface area contributed by atoms with Gasteiger partial charge in [0, 0.05) is 18.6 Å². The van der Waals surface area contributed by atoms with Crippen LogP contribution < -0.4 is 9.64 Å². The molecule has 147 valence electrons. The second kappa shape index (κ2) is 6.73. The molecule has 8 heteroatoms. The summed E-state index contributed by atoms with van der Waals surface area (Å²) in [4.78, 5) is 27.0. The molecule has 27 heavy (non-hydrogen) atoms. The van der Waals surface area contributed by atoms with E-state index >= 15 is 0 Å². The molecule has 2 aliphatic rings. The number of nitrogens with zero attached hydrogens (tertiary/aromatic N) is 2. The molecule has 5 nitrogen and oxygen atoms in total. The largest absolute Gasteiger partial charge is 0.482 e. The van der Waals surface area contributed by atoms with Gasteiger partial charge in [0.15, 0.2) is 6.61 Å². The van der Waals surface area contributed by atoms with Gasteiger partial charge in [-0.05, 0) is 36.5 Å². The van der Waals surface area contributed by atoms with Crippen molar-refractivity contribution in [2.75, 3.05) is 18.1 Å². The molecule has 2 atom stereocenters. The van der Waals surface area contributed by atoms with Crippen LogP contribution in [-0.4, -0.2) is 42.5 Å². The van der Waals surface area contributed by atoms with Gasteiger partial charge in [0.2, 0.25) is 0 Å². The Morgan fingerprint density at radius 3 is 2.52 bits per heavy atom. The zero-order valence-electron chi connectivity index (χ0n) is 15.5. The number of carbonyl (C=O) groups is 1. The van der Waals surface area contributed by atoms with Gasteiger partial charge in [-0.2, -0.15) is 13.2 Å². The number of alkyl halides is 3. The number of hydrogen-bond acceptors (Lipinski definition) is 3. The summed E-state index contributed by atoms with van der Waals surface area (Å²) in [6.07, 6.45) is -1.44. The number of fused-ring (bicyclic) bond motifs is 1. The highest BCUT2D eigenvalue weighted by Gasteiger charge is 2.42. The number of halogens is 3. The summed E-state index contributed by atoms with van der Waals surface area (Å²) in [5, 5.41) is 0. The molecule has 2 amide bonds. The van der Waals surface area contributed by atoms with Crippen molar-refractivity contribution in [3.8, 4) is 5.75 Å². The average molecular weight is 383 g/mol. The molecule has 0 aliphatic carbocycles. The molecule has 0 N–H and O–H groups in total. The van der Waals surface area contributed by atoms with Gasteiger partial charge in [-0.3, -0.25) is 9.59 Å². The summed E-state index contributed by atoms with van der Waals surface area (Å²) in [5.74, 6) is -0.232. The molecule has 0 bridgehead atoms. The van der Waals surface area contributed by atoms with E-state index in [4.69, 9.17) is 4.74 Å². The highest BCUT2D eigenvalue weighted by atomic mass is 19.4. The van der Waals surface area contributed by atoms with E-state index in [2.05, 4.69) is 0 Å². The molecule has 2 unspecified atom stereocenters. The van der Waals surface area contributed by atoms with E-state index in [9.17, 15) is 22.8 Å². The number of carbonyl (C=O) groups excluding carboxylic acids is 2. The third-order valence-electron chi connectivity index (χ3n) is 5.22. The van der Waals surface area contributed by atoms with Gasteiger partial charge in [-0.25, -0.2) is 0 Å². The van der Waals surface area contributed by atoms with Crippen molar-refractivity contribution in [2.24, 2.45) is 5.41 Å². The third kappa shape index (κ3) is 3.75. The molecule has 3 rings (SSSR count). The predicted octanol–water partition coefficient (Wildman–Crippen LogP) is 3.38. The monoisotopic (exact) mass is 383 g/mol. The minimum atomic E-state index is -4.48. The highest BCUT2D eigenvalue weighted by molar-refractivity contribution is 5.98. The highest BCUT2D eigenvalue weighted by Crippen LogP contribution is 2.41. The summed E-state index contributed by atoms with van der Waals surface area (Å²) < 4.78 is 44.2. The van der Waals surface area contributed by atoms with Crippen LogP contribution >= 0.6 is 0 Å². The first-order chi connectivity index (χ1) is 12.5. The van der Waals surface area contributed by atoms with Crippen molar-refractivity contribution in [3.05, 3.63) is 23.8 Å². The lowest BCUT2D eigenvalue weighted by atomic mass is 9.79. The van der Waals surface area contributed by atoms with Crippen molar-refractivity contribution in [2.45, 2.75) is 51.9 Å². The number of piperidine rings is 1. The SMILES string of the molecule is CC(C)(C)C1CC(N2C(=O)COc3cc(C(F)(F)F)ccc32)CCN1[C]=O. The minimum absolute atomic E-state index is 0.0566. The molecular formula is C19H22F3N2O3. The zero-order valence-corrected chi connectivity index (χ0v) is 15.5. The van der Waals surface area contributed by atoms with E-state index in [-0.39, 0.29) is 35.8 Å². The first-order valence-corrected chi connectivity index (χ1v) is 8.83. The Morgan fingerprint density at radius 2 is 1.93 bits per heavy atom. The topological polar surface area (TPSA) is 49.9 Å². The lowest BCUT2D eigenvalue weighted by Gasteiger charge is -2.47. The Balaban J connectivity index is 1.93. The normalized spacial score (nSPS) is 23.7. The number of ether oxygens (including phenoxy) is 1. The van der Waals surface area contributed by atoms with Gasteiger partial charge >= 0.3 is 12.6 Å². The molecule has 2 aliphatic heterocycles.